The van der Waals surface area contributed by atoms with Crippen molar-refractivity contribution in [2.24, 2.45) is 0 Å². The van der Waals surface area contributed by atoms with Crippen LogP contribution in [-0.4, -0.2) is 32.4 Å². The van der Waals surface area contributed by atoms with Gasteiger partial charge in [-0.1, -0.05) is 25.3 Å². The smallest absolute Gasteiger partial charge is 0.231 e. The van der Waals surface area contributed by atoms with Crippen LogP contribution >= 0.6 is 12.2 Å². The molecule has 0 spiro atoms. The highest BCUT2D eigenvalue weighted by atomic mass is 32.1. The number of nitrogens with one attached hydrogen (secondary N) is 1. The summed E-state index contributed by atoms with van der Waals surface area (Å²) in [7, 11) is 0. The normalized spacial score (nSPS) is 22.3. The van der Waals surface area contributed by atoms with Crippen LogP contribution in [0.5, 0.6) is 11.5 Å². The molecule has 0 amide bonds. The standard InChI is InChI=1S/C27H30N4O2S/c1-17-14-21(18(2)30(17)20-11-12-23-24(15-20)33-16-32-23)26-25(22-10-6-7-13-28-22)29-27(34)31(26)19-8-4-3-5-9-19/h6-7,10-15,19,25-26H,3-5,8-9,16H2,1-2H3,(H,29,34)/t25-,26+/m1/s1. The maximum absolute atomic E-state index is 5.96. The molecular weight excluding hydrogens is 444 g/mol. The van der Waals surface area contributed by atoms with Crippen LogP contribution in [0, 0.1) is 13.8 Å². The molecule has 6 nitrogen and oxygen atoms in total. The van der Waals surface area contributed by atoms with Crippen LogP contribution in [0.1, 0.15) is 66.8 Å². The van der Waals surface area contributed by atoms with Gasteiger partial charge in [0, 0.05) is 35.4 Å². The predicted molar refractivity (Wildman–Crippen MR) is 136 cm³/mol. The molecule has 34 heavy (non-hydrogen) atoms. The Balaban J connectivity index is 1.45. The number of nitrogens with zero attached hydrogens (tertiary/aromatic N) is 3. The molecule has 3 aromatic rings. The Labute approximate surface area is 205 Å². The minimum absolute atomic E-state index is 0.0151. The maximum Gasteiger partial charge on any atom is 0.231 e. The van der Waals surface area contributed by atoms with E-state index in [0.29, 0.717) is 6.04 Å². The van der Waals surface area contributed by atoms with Gasteiger partial charge in [0.1, 0.15) is 0 Å². The molecule has 1 N–H and O–H groups in total. The van der Waals surface area contributed by atoms with Gasteiger partial charge >= 0.3 is 0 Å². The van der Waals surface area contributed by atoms with Gasteiger partial charge in [0.15, 0.2) is 16.6 Å². The zero-order chi connectivity index (χ0) is 23.2. The lowest BCUT2D eigenvalue weighted by molar-refractivity contribution is 0.174. The average Bonchev–Trinajstić information content (AvgIpc) is 3.54. The highest BCUT2D eigenvalue weighted by Gasteiger charge is 2.44. The minimum atomic E-state index is 0.0151. The summed E-state index contributed by atoms with van der Waals surface area (Å²) in [6.45, 7) is 4.66. The van der Waals surface area contributed by atoms with Gasteiger partial charge in [0.2, 0.25) is 6.79 Å². The van der Waals surface area contributed by atoms with Crippen molar-refractivity contribution in [2.75, 3.05) is 6.79 Å². The summed E-state index contributed by atoms with van der Waals surface area (Å²) in [6.07, 6.45) is 8.10. The van der Waals surface area contributed by atoms with Gasteiger partial charge in [-0.25, -0.2) is 0 Å². The molecule has 3 aliphatic rings. The highest BCUT2D eigenvalue weighted by molar-refractivity contribution is 7.80. The number of aromatic nitrogens is 2. The molecule has 7 heteroatoms. The Hall–Kier alpha value is -3.06. The van der Waals surface area contributed by atoms with Gasteiger partial charge in [0.25, 0.3) is 0 Å². The van der Waals surface area contributed by atoms with E-state index in [9.17, 15) is 0 Å². The van der Waals surface area contributed by atoms with Crippen LogP contribution in [0.2, 0.25) is 0 Å². The van der Waals surface area contributed by atoms with E-state index in [0.717, 1.165) is 28.0 Å². The minimum Gasteiger partial charge on any atom is -0.454 e. The molecule has 0 unspecified atom stereocenters. The Morgan fingerprint density at radius 2 is 1.82 bits per heavy atom. The first kappa shape index (κ1) is 21.5. The van der Waals surface area contributed by atoms with Crippen molar-refractivity contribution < 1.29 is 9.47 Å². The van der Waals surface area contributed by atoms with Gasteiger partial charge in [0.05, 0.1) is 17.8 Å². The Morgan fingerprint density at radius 3 is 2.62 bits per heavy atom. The predicted octanol–water partition coefficient (Wildman–Crippen LogP) is 5.52. The Bertz CT molecular complexity index is 1220. The monoisotopic (exact) mass is 474 g/mol. The second-order valence-electron chi connectivity index (χ2n) is 9.53. The average molecular weight is 475 g/mol. The van der Waals surface area contributed by atoms with E-state index in [-0.39, 0.29) is 18.9 Å². The highest BCUT2D eigenvalue weighted by Crippen LogP contribution is 2.45. The lowest BCUT2D eigenvalue weighted by Gasteiger charge is -2.37. The number of hydrogen-bond donors (Lipinski definition) is 1. The third-order valence-electron chi connectivity index (χ3n) is 7.51. The Morgan fingerprint density at radius 1 is 1.00 bits per heavy atom. The van der Waals surface area contributed by atoms with Crippen molar-refractivity contribution in [3.8, 4) is 17.2 Å². The number of fused-ring (bicyclic) bond motifs is 1. The fraction of sp³-hybridized carbons (Fsp3) is 0.407. The second kappa shape index (κ2) is 8.62. The van der Waals surface area contributed by atoms with Crippen molar-refractivity contribution >= 4 is 17.3 Å². The molecular formula is C27H30N4O2S. The number of thiocarbonyl (C=S) groups is 1. The molecule has 6 rings (SSSR count). The zero-order valence-corrected chi connectivity index (χ0v) is 20.5. The molecule has 0 bridgehead atoms. The number of benzene rings is 1. The maximum atomic E-state index is 5.96. The number of ether oxygens (including phenoxy) is 2. The summed E-state index contributed by atoms with van der Waals surface area (Å²) in [6, 6.07) is 15.2. The summed E-state index contributed by atoms with van der Waals surface area (Å²) in [5, 5.41) is 4.49. The quantitative estimate of drug-likeness (QED) is 0.502. The molecule has 1 aromatic carbocycles. The van der Waals surface area contributed by atoms with Crippen LogP contribution in [0.3, 0.4) is 0 Å². The number of aryl methyl sites for hydroxylation is 1. The van der Waals surface area contributed by atoms with Gasteiger partial charge < -0.3 is 24.3 Å². The SMILES string of the molecule is Cc1cc([C@H]2[C@@H](c3ccccn3)NC(=S)N2C2CCCCC2)c(C)n1-c1ccc2c(c1)OCO2. The van der Waals surface area contributed by atoms with E-state index in [1.54, 1.807) is 0 Å². The van der Waals surface area contributed by atoms with Gasteiger partial charge in [-0.2, -0.15) is 0 Å². The molecule has 2 atom stereocenters. The fourth-order valence-electron chi connectivity index (χ4n) is 5.96. The van der Waals surface area contributed by atoms with E-state index in [1.165, 1.54) is 49.1 Å². The molecule has 2 fully saturated rings. The fourth-order valence-corrected chi connectivity index (χ4v) is 6.35. The largest absolute Gasteiger partial charge is 0.454 e. The van der Waals surface area contributed by atoms with Crippen LogP contribution < -0.4 is 14.8 Å². The van der Waals surface area contributed by atoms with E-state index in [4.69, 9.17) is 26.7 Å². The first-order valence-electron chi connectivity index (χ1n) is 12.2. The van der Waals surface area contributed by atoms with E-state index >= 15 is 0 Å². The van der Waals surface area contributed by atoms with Crippen LogP contribution in [0.25, 0.3) is 5.69 Å². The molecule has 1 saturated carbocycles. The third kappa shape index (κ3) is 3.54. The van der Waals surface area contributed by atoms with Crippen LogP contribution in [0.15, 0.2) is 48.7 Å². The summed E-state index contributed by atoms with van der Waals surface area (Å²) in [4.78, 5) is 7.21. The number of pyridine rings is 1. The van der Waals surface area contributed by atoms with Crippen molar-refractivity contribution in [3.63, 3.8) is 0 Å². The van der Waals surface area contributed by atoms with E-state index < -0.39 is 0 Å². The molecule has 2 aliphatic heterocycles. The number of hydrogen-bond acceptors (Lipinski definition) is 4. The molecule has 0 radical (unpaired) electrons. The lowest BCUT2D eigenvalue weighted by atomic mass is 9.90. The molecule has 1 saturated heterocycles. The zero-order valence-electron chi connectivity index (χ0n) is 19.7. The van der Waals surface area contributed by atoms with Crippen molar-refractivity contribution in [3.05, 3.63) is 71.3 Å². The van der Waals surface area contributed by atoms with Crippen LogP contribution in [0.4, 0.5) is 0 Å². The lowest BCUT2D eigenvalue weighted by Crippen LogP contribution is -2.40. The first-order valence-corrected chi connectivity index (χ1v) is 12.6. The van der Waals surface area contributed by atoms with Crippen molar-refractivity contribution in [1.82, 2.24) is 19.8 Å². The van der Waals surface area contributed by atoms with Gasteiger partial charge in [-0.15, -0.1) is 0 Å². The van der Waals surface area contributed by atoms with Crippen molar-refractivity contribution in [2.45, 2.75) is 64.1 Å². The molecule has 1 aliphatic carbocycles. The molecule has 176 valence electrons. The summed E-state index contributed by atoms with van der Waals surface area (Å²) >= 11 is 5.96. The topological polar surface area (TPSA) is 51.6 Å². The second-order valence-corrected chi connectivity index (χ2v) is 9.91. The Kier molecular flexibility index (Phi) is 5.44. The summed E-state index contributed by atoms with van der Waals surface area (Å²) < 4.78 is 13.5. The summed E-state index contributed by atoms with van der Waals surface area (Å²) in [5.41, 5.74) is 5.81. The van der Waals surface area contributed by atoms with Gasteiger partial charge in [-0.3, -0.25) is 4.98 Å². The molecule has 4 heterocycles. The molecule has 2 aromatic heterocycles. The van der Waals surface area contributed by atoms with E-state index in [1.807, 2.05) is 18.3 Å². The number of rotatable bonds is 4. The van der Waals surface area contributed by atoms with Crippen molar-refractivity contribution in [1.29, 1.82) is 0 Å². The first-order chi connectivity index (χ1) is 16.6. The van der Waals surface area contributed by atoms with Crippen LogP contribution in [-0.2, 0) is 0 Å². The third-order valence-corrected chi connectivity index (χ3v) is 7.84. The van der Waals surface area contributed by atoms with Gasteiger partial charge in [-0.05, 0) is 74.8 Å². The summed E-state index contributed by atoms with van der Waals surface area (Å²) in [5.74, 6) is 1.60. The van der Waals surface area contributed by atoms with E-state index in [2.05, 4.69) is 59.0 Å².